The molecular formula is C15H22N2O2S. The topological polar surface area (TPSA) is 49.4 Å². The van der Waals surface area contributed by atoms with Crippen molar-refractivity contribution in [3.05, 3.63) is 42.0 Å². The second kappa shape index (κ2) is 5.31. The van der Waals surface area contributed by atoms with Crippen molar-refractivity contribution >= 4 is 10.0 Å². The summed E-state index contributed by atoms with van der Waals surface area (Å²) in [6, 6.07) is 5.38. The van der Waals surface area contributed by atoms with Gasteiger partial charge in [0.1, 0.15) is 0 Å². The standard InChI is InChI=1S/C15H22N2O2S/c1-5-8-17(15(2,3)4)20(18,19)14-7-6-12-10-16-11-13(12)9-14/h5-7,9,16H,1,8,10-11H2,2-4H3. The van der Waals surface area contributed by atoms with Crippen LogP contribution in [-0.2, 0) is 23.1 Å². The molecule has 0 saturated heterocycles. The SMILES string of the molecule is C=CCN(C(C)(C)C)S(=O)(=O)c1ccc2c(c1)CNC2. The van der Waals surface area contributed by atoms with E-state index in [1.807, 2.05) is 26.8 Å². The molecule has 0 radical (unpaired) electrons. The molecule has 0 unspecified atom stereocenters. The summed E-state index contributed by atoms with van der Waals surface area (Å²) < 4.78 is 27.1. The Morgan fingerprint density at radius 3 is 2.55 bits per heavy atom. The lowest BCUT2D eigenvalue weighted by Gasteiger charge is -2.33. The van der Waals surface area contributed by atoms with E-state index in [4.69, 9.17) is 0 Å². The van der Waals surface area contributed by atoms with E-state index in [-0.39, 0.29) is 0 Å². The van der Waals surface area contributed by atoms with Gasteiger partial charge >= 0.3 is 0 Å². The highest BCUT2D eigenvalue weighted by atomic mass is 32.2. The van der Waals surface area contributed by atoms with E-state index in [0.29, 0.717) is 11.4 Å². The third kappa shape index (κ3) is 2.80. The van der Waals surface area contributed by atoms with E-state index in [2.05, 4.69) is 11.9 Å². The van der Waals surface area contributed by atoms with Gasteiger partial charge in [-0.2, -0.15) is 4.31 Å². The van der Waals surface area contributed by atoms with Crippen LogP contribution in [-0.4, -0.2) is 24.8 Å². The van der Waals surface area contributed by atoms with Crippen LogP contribution in [0.15, 0.2) is 35.7 Å². The summed E-state index contributed by atoms with van der Waals surface area (Å²) in [7, 11) is -3.51. The summed E-state index contributed by atoms with van der Waals surface area (Å²) in [5, 5.41) is 3.23. The number of nitrogens with one attached hydrogen (secondary N) is 1. The van der Waals surface area contributed by atoms with E-state index in [0.717, 1.165) is 18.7 Å². The molecule has 0 aliphatic carbocycles. The Labute approximate surface area is 121 Å². The molecule has 4 nitrogen and oxygen atoms in total. The molecule has 0 saturated carbocycles. The second-order valence-electron chi connectivity index (χ2n) is 6.03. The largest absolute Gasteiger partial charge is 0.309 e. The Bertz CT molecular complexity index is 615. The smallest absolute Gasteiger partial charge is 0.243 e. The fourth-order valence-electron chi connectivity index (χ4n) is 2.41. The van der Waals surface area contributed by atoms with Gasteiger partial charge in [0, 0.05) is 25.2 Å². The lowest BCUT2D eigenvalue weighted by molar-refractivity contribution is 0.270. The number of rotatable bonds is 4. The molecule has 1 N–H and O–H groups in total. The van der Waals surface area contributed by atoms with Gasteiger partial charge in [-0.15, -0.1) is 6.58 Å². The first-order valence-corrected chi connectivity index (χ1v) is 8.17. The highest BCUT2D eigenvalue weighted by molar-refractivity contribution is 7.89. The minimum absolute atomic E-state index is 0.307. The van der Waals surface area contributed by atoms with E-state index in [9.17, 15) is 8.42 Å². The molecule has 0 atom stereocenters. The van der Waals surface area contributed by atoms with Crippen LogP contribution in [0, 0.1) is 0 Å². The molecule has 1 aromatic rings. The van der Waals surface area contributed by atoms with Crippen LogP contribution in [0.5, 0.6) is 0 Å². The third-order valence-corrected chi connectivity index (χ3v) is 5.57. The van der Waals surface area contributed by atoms with Gasteiger partial charge < -0.3 is 5.32 Å². The number of sulfonamides is 1. The van der Waals surface area contributed by atoms with Gasteiger partial charge in [-0.3, -0.25) is 0 Å². The monoisotopic (exact) mass is 294 g/mol. The molecule has 110 valence electrons. The summed E-state index contributed by atoms with van der Waals surface area (Å²) in [5.74, 6) is 0. The van der Waals surface area contributed by atoms with E-state index in [1.165, 1.54) is 9.87 Å². The second-order valence-corrected chi connectivity index (χ2v) is 7.89. The molecule has 0 amide bonds. The molecule has 0 aromatic heterocycles. The zero-order valence-corrected chi connectivity index (χ0v) is 13.1. The lowest BCUT2D eigenvalue weighted by atomic mass is 10.1. The predicted molar refractivity (Wildman–Crippen MR) is 80.8 cm³/mol. The van der Waals surface area contributed by atoms with Crippen LogP contribution in [0.1, 0.15) is 31.9 Å². The van der Waals surface area contributed by atoms with Crippen molar-refractivity contribution in [1.29, 1.82) is 0 Å². The minimum atomic E-state index is -3.51. The summed E-state index contributed by atoms with van der Waals surface area (Å²) in [5.41, 5.74) is 1.76. The highest BCUT2D eigenvalue weighted by Crippen LogP contribution is 2.27. The average molecular weight is 294 g/mol. The van der Waals surface area contributed by atoms with Crippen molar-refractivity contribution in [2.24, 2.45) is 0 Å². The predicted octanol–water partition coefficient (Wildman–Crippen LogP) is 2.27. The van der Waals surface area contributed by atoms with Crippen LogP contribution in [0.25, 0.3) is 0 Å². The fourth-order valence-corrected chi connectivity index (χ4v) is 4.22. The summed E-state index contributed by atoms with van der Waals surface area (Å²) in [6.45, 7) is 11.2. The van der Waals surface area contributed by atoms with Crippen LogP contribution in [0.3, 0.4) is 0 Å². The highest BCUT2D eigenvalue weighted by Gasteiger charge is 2.33. The maximum Gasteiger partial charge on any atom is 0.243 e. The first kappa shape index (κ1) is 15.2. The van der Waals surface area contributed by atoms with Crippen LogP contribution in [0.4, 0.5) is 0 Å². The first-order chi connectivity index (χ1) is 9.26. The average Bonchev–Trinajstić information content (AvgIpc) is 2.81. The van der Waals surface area contributed by atoms with Crippen LogP contribution >= 0.6 is 0 Å². The molecule has 5 heteroatoms. The molecule has 20 heavy (non-hydrogen) atoms. The Morgan fingerprint density at radius 1 is 1.30 bits per heavy atom. The van der Waals surface area contributed by atoms with E-state index < -0.39 is 15.6 Å². The Morgan fingerprint density at radius 2 is 1.95 bits per heavy atom. The van der Waals surface area contributed by atoms with Gasteiger partial charge in [0.05, 0.1) is 4.90 Å². The molecule has 0 bridgehead atoms. The van der Waals surface area contributed by atoms with Gasteiger partial charge in [-0.05, 0) is 44.0 Å². The van der Waals surface area contributed by atoms with Crippen molar-refractivity contribution in [1.82, 2.24) is 9.62 Å². The summed E-state index contributed by atoms with van der Waals surface area (Å²) in [6.07, 6.45) is 1.62. The lowest BCUT2D eigenvalue weighted by Crippen LogP contribution is -2.45. The van der Waals surface area contributed by atoms with Gasteiger partial charge in [-0.1, -0.05) is 12.1 Å². The van der Waals surface area contributed by atoms with Gasteiger partial charge in [0.2, 0.25) is 10.0 Å². The third-order valence-electron chi connectivity index (χ3n) is 3.44. The quantitative estimate of drug-likeness (QED) is 0.867. The molecule has 1 aliphatic heterocycles. The van der Waals surface area contributed by atoms with Gasteiger partial charge in [-0.25, -0.2) is 8.42 Å². The van der Waals surface area contributed by atoms with Gasteiger partial charge in [0.15, 0.2) is 0 Å². The summed E-state index contributed by atoms with van der Waals surface area (Å²) in [4.78, 5) is 0.358. The molecule has 2 rings (SSSR count). The number of benzene rings is 1. The van der Waals surface area contributed by atoms with E-state index >= 15 is 0 Å². The zero-order chi connectivity index (χ0) is 15.0. The Balaban J connectivity index is 2.45. The van der Waals surface area contributed by atoms with Crippen LogP contribution < -0.4 is 5.32 Å². The maximum absolute atomic E-state index is 12.8. The molecular weight excluding hydrogens is 272 g/mol. The number of nitrogens with zero attached hydrogens (tertiary/aromatic N) is 1. The minimum Gasteiger partial charge on any atom is -0.309 e. The molecule has 0 spiro atoms. The summed E-state index contributed by atoms with van der Waals surface area (Å²) >= 11 is 0. The van der Waals surface area contributed by atoms with Crippen molar-refractivity contribution < 1.29 is 8.42 Å². The first-order valence-electron chi connectivity index (χ1n) is 6.73. The maximum atomic E-state index is 12.8. The number of fused-ring (bicyclic) bond motifs is 1. The molecule has 1 heterocycles. The molecule has 0 fully saturated rings. The van der Waals surface area contributed by atoms with Crippen molar-refractivity contribution in [3.8, 4) is 0 Å². The van der Waals surface area contributed by atoms with Crippen molar-refractivity contribution in [2.75, 3.05) is 6.54 Å². The van der Waals surface area contributed by atoms with E-state index in [1.54, 1.807) is 18.2 Å². The zero-order valence-electron chi connectivity index (χ0n) is 12.3. The van der Waals surface area contributed by atoms with Crippen molar-refractivity contribution in [2.45, 2.75) is 44.3 Å². The van der Waals surface area contributed by atoms with Crippen molar-refractivity contribution in [3.63, 3.8) is 0 Å². The Hall–Kier alpha value is -1.17. The molecule has 1 aliphatic rings. The molecule has 1 aromatic carbocycles. The number of hydrogen-bond acceptors (Lipinski definition) is 3. The number of hydrogen-bond donors (Lipinski definition) is 1. The van der Waals surface area contributed by atoms with Gasteiger partial charge in [0.25, 0.3) is 0 Å². The Kier molecular flexibility index (Phi) is 4.04. The van der Waals surface area contributed by atoms with Crippen LogP contribution in [0.2, 0.25) is 0 Å². The fraction of sp³-hybridized carbons (Fsp3) is 0.467. The normalized spacial score (nSPS) is 15.4.